The maximum Gasteiger partial charge on any atom is 0.225 e. The zero-order valence-corrected chi connectivity index (χ0v) is 13.2. The van der Waals surface area contributed by atoms with E-state index in [1.54, 1.807) is 37.4 Å². The van der Waals surface area contributed by atoms with Gasteiger partial charge in [0.05, 0.1) is 19.6 Å². The zero-order chi connectivity index (χ0) is 16.1. The highest BCUT2D eigenvalue weighted by Crippen LogP contribution is 2.23. The van der Waals surface area contributed by atoms with Crippen LogP contribution < -0.4 is 10.1 Å². The van der Waals surface area contributed by atoms with Crippen molar-refractivity contribution in [2.45, 2.75) is 19.4 Å². The molecule has 1 unspecified atom stereocenters. The van der Waals surface area contributed by atoms with E-state index in [0.717, 1.165) is 0 Å². The van der Waals surface area contributed by atoms with Gasteiger partial charge in [0.2, 0.25) is 5.91 Å². The van der Waals surface area contributed by atoms with Gasteiger partial charge >= 0.3 is 0 Å². The van der Waals surface area contributed by atoms with Gasteiger partial charge in [-0.1, -0.05) is 23.7 Å². The van der Waals surface area contributed by atoms with Gasteiger partial charge in [0.25, 0.3) is 0 Å². The molecule has 3 nitrogen and oxygen atoms in total. The molecule has 1 amide bonds. The molecular formula is C17H17ClFNO2. The molecule has 0 aliphatic heterocycles. The normalized spacial score (nSPS) is 11.8. The third kappa shape index (κ3) is 4.21. The predicted molar refractivity (Wildman–Crippen MR) is 84.7 cm³/mol. The van der Waals surface area contributed by atoms with Crippen LogP contribution in [0, 0.1) is 5.82 Å². The molecule has 2 aromatic carbocycles. The average molecular weight is 322 g/mol. The van der Waals surface area contributed by atoms with Crippen LogP contribution in [0.5, 0.6) is 5.75 Å². The number of methoxy groups -OCH3 is 1. The van der Waals surface area contributed by atoms with E-state index in [1.165, 1.54) is 12.1 Å². The van der Waals surface area contributed by atoms with Crippen molar-refractivity contribution in [1.82, 2.24) is 5.32 Å². The Kier molecular flexibility index (Phi) is 5.39. The lowest BCUT2D eigenvalue weighted by atomic mass is 10.1. The Morgan fingerprint density at radius 3 is 2.77 bits per heavy atom. The molecule has 2 rings (SSSR count). The summed E-state index contributed by atoms with van der Waals surface area (Å²) in [6, 6.07) is 11.0. The van der Waals surface area contributed by atoms with Gasteiger partial charge in [0.1, 0.15) is 11.6 Å². The summed E-state index contributed by atoms with van der Waals surface area (Å²) in [4.78, 5) is 12.2. The molecule has 2 aromatic rings. The fourth-order valence-electron chi connectivity index (χ4n) is 2.21. The summed E-state index contributed by atoms with van der Waals surface area (Å²) < 4.78 is 18.4. The minimum Gasteiger partial charge on any atom is -0.496 e. The van der Waals surface area contributed by atoms with Crippen LogP contribution in [0.15, 0.2) is 42.5 Å². The van der Waals surface area contributed by atoms with Crippen LogP contribution in [0.4, 0.5) is 4.39 Å². The standard InChI is InChI=1S/C17H17ClFNO2/c1-11(12-4-3-5-15(19)9-12)20-17(21)10-13-8-14(18)6-7-16(13)22-2/h3-9,11H,10H2,1-2H3,(H,20,21). The van der Waals surface area contributed by atoms with Crippen molar-refractivity contribution in [1.29, 1.82) is 0 Å². The molecule has 0 aliphatic carbocycles. The fourth-order valence-corrected chi connectivity index (χ4v) is 2.40. The van der Waals surface area contributed by atoms with Gasteiger partial charge in [0.15, 0.2) is 0 Å². The van der Waals surface area contributed by atoms with Crippen molar-refractivity contribution in [3.05, 3.63) is 64.4 Å². The Hall–Kier alpha value is -2.07. The third-order valence-corrected chi connectivity index (χ3v) is 3.55. The number of benzene rings is 2. The van der Waals surface area contributed by atoms with Gasteiger partial charge in [-0.25, -0.2) is 4.39 Å². The molecule has 0 radical (unpaired) electrons. The van der Waals surface area contributed by atoms with Crippen molar-refractivity contribution in [3.63, 3.8) is 0 Å². The van der Waals surface area contributed by atoms with Crippen molar-refractivity contribution >= 4 is 17.5 Å². The maximum atomic E-state index is 13.2. The molecule has 0 saturated carbocycles. The van der Waals surface area contributed by atoms with Gasteiger partial charge in [-0.05, 0) is 42.8 Å². The van der Waals surface area contributed by atoms with E-state index in [4.69, 9.17) is 16.3 Å². The second kappa shape index (κ2) is 7.27. The lowest BCUT2D eigenvalue weighted by Gasteiger charge is -2.15. The quantitative estimate of drug-likeness (QED) is 0.906. The van der Waals surface area contributed by atoms with Crippen molar-refractivity contribution in [2.75, 3.05) is 7.11 Å². The lowest BCUT2D eigenvalue weighted by Crippen LogP contribution is -2.28. The highest BCUT2D eigenvalue weighted by Gasteiger charge is 2.13. The summed E-state index contributed by atoms with van der Waals surface area (Å²) in [6.45, 7) is 1.81. The van der Waals surface area contributed by atoms with Crippen LogP contribution in [-0.4, -0.2) is 13.0 Å². The highest BCUT2D eigenvalue weighted by molar-refractivity contribution is 6.30. The number of hydrogen-bond acceptors (Lipinski definition) is 2. The number of hydrogen-bond donors (Lipinski definition) is 1. The van der Waals surface area contributed by atoms with Crippen LogP contribution in [0.25, 0.3) is 0 Å². The molecule has 0 bridgehead atoms. The third-order valence-electron chi connectivity index (χ3n) is 3.32. The van der Waals surface area contributed by atoms with E-state index in [2.05, 4.69) is 5.32 Å². The average Bonchev–Trinajstić information content (AvgIpc) is 2.47. The minimum absolute atomic E-state index is 0.142. The molecule has 5 heteroatoms. The first-order valence-corrected chi connectivity index (χ1v) is 7.24. The van der Waals surface area contributed by atoms with Gasteiger partial charge in [-0.3, -0.25) is 4.79 Å². The Bertz CT molecular complexity index is 675. The van der Waals surface area contributed by atoms with Crippen LogP contribution in [0.3, 0.4) is 0 Å². The fraction of sp³-hybridized carbons (Fsp3) is 0.235. The summed E-state index contributed by atoms with van der Waals surface area (Å²) in [6.07, 6.45) is 0.142. The highest BCUT2D eigenvalue weighted by atomic mass is 35.5. The molecule has 1 N–H and O–H groups in total. The topological polar surface area (TPSA) is 38.3 Å². The van der Waals surface area contributed by atoms with Crippen molar-refractivity contribution < 1.29 is 13.9 Å². The van der Waals surface area contributed by atoms with E-state index in [0.29, 0.717) is 21.9 Å². The molecular weight excluding hydrogens is 305 g/mol. The Morgan fingerprint density at radius 1 is 1.32 bits per heavy atom. The largest absolute Gasteiger partial charge is 0.496 e. The molecule has 0 fully saturated rings. The number of carbonyl (C=O) groups is 1. The molecule has 22 heavy (non-hydrogen) atoms. The van der Waals surface area contributed by atoms with Crippen molar-refractivity contribution in [2.24, 2.45) is 0 Å². The summed E-state index contributed by atoms with van der Waals surface area (Å²) in [5, 5.41) is 3.38. The van der Waals surface area contributed by atoms with Crippen LogP contribution in [-0.2, 0) is 11.2 Å². The number of ether oxygens (including phenoxy) is 1. The molecule has 0 aromatic heterocycles. The van der Waals surface area contributed by atoms with Crippen LogP contribution >= 0.6 is 11.6 Å². The van der Waals surface area contributed by atoms with Crippen molar-refractivity contribution in [3.8, 4) is 5.75 Å². The molecule has 0 saturated heterocycles. The number of nitrogens with one attached hydrogen (secondary N) is 1. The molecule has 0 heterocycles. The molecule has 116 valence electrons. The van der Waals surface area contributed by atoms with E-state index in [-0.39, 0.29) is 24.2 Å². The summed E-state index contributed by atoms with van der Waals surface area (Å²) in [7, 11) is 1.54. The number of halogens is 2. The van der Waals surface area contributed by atoms with Gasteiger partial charge in [-0.15, -0.1) is 0 Å². The maximum absolute atomic E-state index is 13.2. The van der Waals surface area contributed by atoms with E-state index in [9.17, 15) is 9.18 Å². The second-order valence-corrected chi connectivity index (χ2v) is 5.41. The second-order valence-electron chi connectivity index (χ2n) is 4.98. The number of amides is 1. The van der Waals surface area contributed by atoms with Crippen LogP contribution in [0.2, 0.25) is 5.02 Å². The van der Waals surface area contributed by atoms with Gasteiger partial charge < -0.3 is 10.1 Å². The predicted octanol–water partition coefficient (Wildman–Crippen LogP) is 3.91. The van der Waals surface area contributed by atoms with E-state index >= 15 is 0 Å². The van der Waals surface area contributed by atoms with E-state index in [1.807, 2.05) is 6.92 Å². The summed E-state index contributed by atoms with van der Waals surface area (Å²) >= 11 is 5.95. The first kappa shape index (κ1) is 16.3. The summed E-state index contributed by atoms with van der Waals surface area (Å²) in [5.41, 5.74) is 1.42. The molecule has 1 atom stereocenters. The molecule has 0 aliphatic rings. The first-order chi connectivity index (χ1) is 10.5. The summed E-state index contributed by atoms with van der Waals surface area (Å²) in [5.74, 6) is 0.102. The molecule has 0 spiro atoms. The monoisotopic (exact) mass is 321 g/mol. The van der Waals surface area contributed by atoms with E-state index < -0.39 is 0 Å². The van der Waals surface area contributed by atoms with Gasteiger partial charge in [-0.2, -0.15) is 0 Å². The lowest BCUT2D eigenvalue weighted by molar-refractivity contribution is -0.121. The zero-order valence-electron chi connectivity index (χ0n) is 12.4. The number of rotatable bonds is 5. The smallest absolute Gasteiger partial charge is 0.225 e. The van der Waals surface area contributed by atoms with Crippen LogP contribution in [0.1, 0.15) is 24.1 Å². The Balaban J connectivity index is 2.05. The van der Waals surface area contributed by atoms with Gasteiger partial charge in [0, 0.05) is 10.6 Å². The number of carbonyl (C=O) groups excluding carboxylic acids is 1. The Morgan fingerprint density at radius 2 is 2.09 bits per heavy atom. The first-order valence-electron chi connectivity index (χ1n) is 6.87. The minimum atomic E-state index is -0.324. The SMILES string of the molecule is COc1ccc(Cl)cc1CC(=O)NC(C)c1cccc(F)c1. The Labute approximate surface area is 134 Å².